The molecule has 0 aliphatic carbocycles. The monoisotopic (exact) mass is 323 g/mol. The number of amides is 1. The molecule has 1 fully saturated rings. The predicted octanol–water partition coefficient (Wildman–Crippen LogP) is 0.948. The summed E-state index contributed by atoms with van der Waals surface area (Å²) in [5, 5.41) is 10.4. The molecule has 23 heavy (non-hydrogen) atoms. The number of rotatable bonds is 5. The van der Waals surface area contributed by atoms with Crippen LogP contribution in [0.3, 0.4) is 0 Å². The van der Waals surface area contributed by atoms with E-state index in [1.54, 1.807) is 0 Å². The van der Waals surface area contributed by atoms with Crippen molar-refractivity contribution in [2.45, 2.75) is 24.7 Å². The van der Waals surface area contributed by atoms with Crippen molar-refractivity contribution in [1.82, 2.24) is 4.90 Å². The molecule has 1 aliphatic rings. The SMILES string of the molecule is COCC1(O)CC(C(=O)OC)N(C(=O)OCc2ccccc2)C1. The Morgan fingerprint density at radius 3 is 2.61 bits per heavy atom. The lowest BCUT2D eigenvalue weighted by molar-refractivity contribution is -0.145. The Hall–Kier alpha value is -2.12. The summed E-state index contributed by atoms with van der Waals surface area (Å²) in [7, 11) is 2.69. The first-order valence-electron chi connectivity index (χ1n) is 7.25. The summed E-state index contributed by atoms with van der Waals surface area (Å²) in [4.78, 5) is 25.3. The highest BCUT2D eigenvalue weighted by Crippen LogP contribution is 2.29. The lowest BCUT2D eigenvalue weighted by Gasteiger charge is -2.23. The molecule has 0 bridgehead atoms. The van der Waals surface area contributed by atoms with Gasteiger partial charge in [0.15, 0.2) is 0 Å². The predicted molar refractivity (Wildman–Crippen MR) is 80.6 cm³/mol. The van der Waals surface area contributed by atoms with Gasteiger partial charge in [0.2, 0.25) is 0 Å². The average molecular weight is 323 g/mol. The molecule has 1 aromatic carbocycles. The van der Waals surface area contributed by atoms with E-state index >= 15 is 0 Å². The van der Waals surface area contributed by atoms with Crippen LogP contribution in [0, 0.1) is 0 Å². The highest BCUT2D eigenvalue weighted by atomic mass is 16.6. The van der Waals surface area contributed by atoms with Crippen molar-refractivity contribution in [3.63, 3.8) is 0 Å². The van der Waals surface area contributed by atoms with Gasteiger partial charge in [-0.15, -0.1) is 0 Å². The van der Waals surface area contributed by atoms with E-state index in [1.807, 2.05) is 30.3 Å². The number of hydrogen-bond acceptors (Lipinski definition) is 6. The fraction of sp³-hybridized carbons (Fsp3) is 0.500. The minimum Gasteiger partial charge on any atom is -0.467 e. The van der Waals surface area contributed by atoms with E-state index in [4.69, 9.17) is 14.2 Å². The molecule has 2 unspecified atom stereocenters. The summed E-state index contributed by atoms with van der Waals surface area (Å²) in [6.07, 6.45) is -0.621. The number of aliphatic hydroxyl groups is 1. The minimum atomic E-state index is -1.29. The lowest BCUT2D eigenvalue weighted by atomic mass is 10.0. The summed E-state index contributed by atoms with van der Waals surface area (Å²) in [5.74, 6) is -0.589. The molecule has 0 aromatic heterocycles. The summed E-state index contributed by atoms with van der Waals surface area (Å²) in [5.41, 5.74) is -0.457. The van der Waals surface area contributed by atoms with Gasteiger partial charge < -0.3 is 19.3 Å². The van der Waals surface area contributed by atoms with Gasteiger partial charge in [0.25, 0.3) is 0 Å². The van der Waals surface area contributed by atoms with Crippen LogP contribution in [0.4, 0.5) is 4.79 Å². The van der Waals surface area contributed by atoms with Gasteiger partial charge in [-0.2, -0.15) is 0 Å². The Bertz CT molecular complexity index is 549. The maximum Gasteiger partial charge on any atom is 0.410 e. The van der Waals surface area contributed by atoms with Crippen molar-refractivity contribution < 1.29 is 28.9 Å². The number of carbonyl (C=O) groups excluding carboxylic acids is 2. The quantitative estimate of drug-likeness (QED) is 0.812. The molecule has 2 atom stereocenters. The van der Waals surface area contributed by atoms with Crippen molar-refractivity contribution in [3.05, 3.63) is 35.9 Å². The molecular weight excluding hydrogens is 302 g/mol. The minimum absolute atomic E-state index is 0.0168. The topological polar surface area (TPSA) is 85.3 Å². The third-order valence-electron chi connectivity index (χ3n) is 3.74. The molecule has 2 rings (SSSR count). The number of esters is 1. The van der Waals surface area contributed by atoms with Gasteiger partial charge in [0.05, 0.1) is 20.3 Å². The molecule has 1 amide bonds. The second-order valence-electron chi connectivity index (χ2n) is 5.57. The molecule has 7 nitrogen and oxygen atoms in total. The Kier molecular flexibility index (Phi) is 5.57. The number of likely N-dealkylation sites (tertiary alicyclic amines) is 1. The van der Waals surface area contributed by atoms with Gasteiger partial charge >= 0.3 is 12.1 Å². The van der Waals surface area contributed by atoms with Gasteiger partial charge in [-0.25, -0.2) is 9.59 Å². The summed E-state index contributed by atoms with van der Waals surface area (Å²) in [6, 6.07) is 8.32. The number of benzene rings is 1. The molecule has 1 aromatic rings. The first-order valence-corrected chi connectivity index (χ1v) is 7.25. The van der Waals surface area contributed by atoms with Crippen LogP contribution in [0.1, 0.15) is 12.0 Å². The maximum absolute atomic E-state index is 12.3. The third-order valence-corrected chi connectivity index (χ3v) is 3.74. The van der Waals surface area contributed by atoms with E-state index in [1.165, 1.54) is 19.1 Å². The maximum atomic E-state index is 12.3. The summed E-state index contributed by atoms with van der Waals surface area (Å²) >= 11 is 0. The van der Waals surface area contributed by atoms with Crippen LogP contribution in [-0.2, 0) is 25.6 Å². The molecule has 126 valence electrons. The molecular formula is C16H21NO6. The molecule has 0 radical (unpaired) electrons. The van der Waals surface area contributed by atoms with Crippen molar-refractivity contribution in [2.75, 3.05) is 27.4 Å². The third kappa shape index (κ3) is 4.20. The average Bonchev–Trinajstić information content (AvgIpc) is 2.91. The van der Waals surface area contributed by atoms with E-state index in [2.05, 4.69) is 0 Å². The molecule has 1 heterocycles. The number of hydrogen-bond donors (Lipinski definition) is 1. The van der Waals surface area contributed by atoms with Crippen molar-refractivity contribution in [3.8, 4) is 0 Å². The van der Waals surface area contributed by atoms with Crippen LogP contribution >= 0.6 is 0 Å². The van der Waals surface area contributed by atoms with Gasteiger partial charge in [-0.1, -0.05) is 30.3 Å². The Morgan fingerprint density at radius 2 is 2.00 bits per heavy atom. The first kappa shape index (κ1) is 17.2. The van der Waals surface area contributed by atoms with Gasteiger partial charge in [-0.3, -0.25) is 4.90 Å². The number of nitrogens with zero attached hydrogens (tertiary/aromatic N) is 1. The smallest absolute Gasteiger partial charge is 0.410 e. The number of carbonyl (C=O) groups is 2. The normalized spacial score (nSPS) is 23.6. The number of β-amino-alcohol motifs (C(OH)–C–C–N with tert-alkyl or cyclic N) is 1. The molecule has 1 aliphatic heterocycles. The van der Waals surface area contributed by atoms with Crippen LogP contribution in [0.25, 0.3) is 0 Å². The molecule has 1 N–H and O–H groups in total. The Balaban J connectivity index is 2.04. The van der Waals surface area contributed by atoms with E-state index < -0.39 is 23.7 Å². The molecule has 7 heteroatoms. The van der Waals surface area contributed by atoms with E-state index in [9.17, 15) is 14.7 Å². The standard InChI is InChI=1S/C16H21NO6/c1-21-11-16(20)8-13(14(18)22-2)17(10-16)15(19)23-9-12-6-4-3-5-7-12/h3-7,13,20H,8-11H2,1-2H3. The van der Waals surface area contributed by atoms with Gasteiger partial charge in [0.1, 0.15) is 18.2 Å². The zero-order valence-electron chi connectivity index (χ0n) is 13.2. The highest BCUT2D eigenvalue weighted by molar-refractivity contribution is 5.82. The van der Waals surface area contributed by atoms with Gasteiger partial charge in [-0.05, 0) is 5.56 Å². The largest absolute Gasteiger partial charge is 0.467 e. The summed E-state index contributed by atoms with van der Waals surface area (Å²) in [6.45, 7) is 0.0595. The Morgan fingerprint density at radius 1 is 1.30 bits per heavy atom. The molecule has 1 saturated heterocycles. The zero-order chi connectivity index (χ0) is 16.9. The zero-order valence-corrected chi connectivity index (χ0v) is 13.2. The first-order chi connectivity index (χ1) is 11.0. The van der Waals surface area contributed by atoms with E-state index in [-0.39, 0.29) is 26.2 Å². The molecule has 0 spiro atoms. The second-order valence-corrected chi connectivity index (χ2v) is 5.57. The van der Waals surface area contributed by atoms with E-state index in [0.29, 0.717) is 0 Å². The number of ether oxygens (including phenoxy) is 3. The van der Waals surface area contributed by atoms with Crippen LogP contribution in [0.2, 0.25) is 0 Å². The van der Waals surface area contributed by atoms with Crippen LogP contribution < -0.4 is 0 Å². The van der Waals surface area contributed by atoms with Crippen LogP contribution in [0.15, 0.2) is 30.3 Å². The van der Waals surface area contributed by atoms with Crippen molar-refractivity contribution in [1.29, 1.82) is 0 Å². The number of methoxy groups -OCH3 is 2. The van der Waals surface area contributed by atoms with Gasteiger partial charge in [0, 0.05) is 13.5 Å². The summed E-state index contributed by atoms with van der Waals surface area (Å²) < 4.78 is 14.9. The fourth-order valence-corrected chi connectivity index (χ4v) is 2.68. The van der Waals surface area contributed by atoms with Crippen molar-refractivity contribution >= 4 is 12.1 Å². The van der Waals surface area contributed by atoms with Crippen LogP contribution in [-0.4, -0.2) is 61.1 Å². The molecule has 0 saturated carbocycles. The van der Waals surface area contributed by atoms with Crippen LogP contribution in [0.5, 0.6) is 0 Å². The fourth-order valence-electron chi connectivity index (χ4n) is 2.68. The Labute approximate surface area is 134 Å². The van der Waals surface area contributed by atoms with E-state index in [0.717, 1.165) is 5.56 Å². The second kappa shape index (κ2) is 7.43. The van der Waals surface area contributed by atoms with Crippen molar-refractivity contribution in [2.24, 2.45) is 0 Å². The highest BCUT2D eigenvalue weighted by Gasteiger charge is 2.49. The lowest BCUT2D eigenvalue weighted by Crippen LogP contribution is -2.42.